The minimum absolute atomic E-state index is 0.0205. The van der Waals surface area contributed by atoms with Gasteiger partial charge in [-0.1, -0.05) is 34.8 Å². The molecule has 2 rings (SSSR count). The summed E-state index contributed by atoms with van der Waals surface area (Å²) in [6.45, 7) is 6.23. The maximum atomic E-state index is 12.4. The molecule has 1 aromatic carbocycles. The number of carbonyl (C=O) groups is 2. The smallest absolute Gasteiger partial charge is 0.229 e. The zero-order valence-electron chi connectivity index (χ0n) is 12.5. The highest BCUT2D eigenvalue weighted by Gasteiger charge is 2.39. The van der Waals surface area contributed by atoms with Crippen LogP contribution in [0, 0.1) is 5.92 Å². The number of carbonyl (C=O) groups excluding carboxylic acids is 2. The quantitative estimate of drug-likeness (QED) is 0.799. The van der Waals surface area contributed by atoms with Crippen molar-refractivity contribution in [3.05, 3.63) is 27.2 Å². The van der Waals surface area contributed by atoms with Crippen molar-refractivity contribution >= 4 is 52.3 Å². The predicted octanol–water partition coefficient (Wildman–Crippen LogP) is 4.23. The van der Waals surface area contributed by atoms with E-state index in [0.29, 0.717) is 27.3 Å². The van der Waals surface area contributed by atoms with Crippen molar-refractivity contribution in [1.82, 2.24) is 4.90 Å². The molecule has 0 aromatic heterocycles. The maximum Gasteiger partial charge on any atom is 0.229 e. The van der Waals surface area contributed by atoms with E-state index in [9.17, 15) is 9.59 Å². The van der Waals surface area contributed by atoms with Crippen molar-refractivity contribution in [1.29, 1.82) is 0 Å². The fraction of sp³-hybridized carbons (Fsp3) is 0.467. The summed E-state index contributed by atoms with van der Waals surface area (Å²) in [7, 11) is 0. The molecule has 2 amide bonds. The van der Waals surface area contributed by atoms with Gasteiger partial charge in [-0.3, -0.25) is 9.59 Å². The first-order valence-corrected chi connectivity index (χ1v) is 7.99. The molecule has 0 unspecified atom stereocenters. The van der Waals surface area contributed by atoms with Gasteiger partial charge in [0.2, 0.25) is 11.8 Å². The van der Waals surface area contributed by atoms with Crippen molar-refractivity contribution in [2.24, 2.45) is 5.92 Å². The Morgan fingerprint density at radius 2 is 1.77 bits per heavy atom. The third-order valence-electron chi connectivity index (χ3n) is 3.57. The molecule has 1 atom stereocenters. The van der Waals surface area contributed by atoms with Gasteiger partial charge < -0.3 is 10.2 Å². The van der Waals surface area contributed by atoms with Crippen molar-refractivity contribution in [2.75, 3.05) is 11.9 Å². The van der Waals surface area contributed by atoms with Crippen molar-refractivity contribution in [2.45, 2.75) is 32.7 Å². The first-order chi connectivity index (χ1) is 10.1. The lowest BCUT2D eigenvalue weighted by atomic mass is 10.1. The van der Waals surface area contributed by atoms with E-state index in [1.165, 1.54) is 12.1 Å². The number of hydrogen-bond acceptors (Lipinski definition) is 2. The predicted molar refractivity (Wildman–Crippen MR) is 89.7 cm³/mol. The summed E-state index contributed by atoms with van der Waals surface area (Å²) >= 11 is 17.8. The lowest BCUT2D eigenvalue weighted by Gasteiger charge is -2.31. The monoisotopic (exact) mass is 362 g/mol. The number of halogens is 3. The van der Waals surface area contributed by atoms with Crippen LogP contribution in [0.2, 0.25) is 15.1 Å². The molecule has 22 heavy (non-hydrogen) atoms. The summed E-state index contributed by atoms with van der Waals surface area (Å²) < 4.78 is 0. The maximum absolute atomic E-state index is 12.4. The third-order valence-corrected chi connectivity index (χ3v) is 4.61. The molecule has 1 aliphatic rings. The number of nitrogens with one attached hydrogen (secondary N) is 1. The molecule has 1 heterocycles. The first kappa shape index (κ1) is 17.4. The SMILES string of the molecule is CC(C)(C)N1C[C@H](C(=O)Nc2cc(Cl)c(Cl)cc2Cl)CC1=O. The fourth-order valence-electron chi connectivity index (χ4n) is 2.38. The average Bonchev–Trinajstić information content (AvgIpc) is 2.78. The Hall–Kier alpha value is -0.970. The van der Waals surface area contributed by atoms with Gasteiger partial charge in [0.1, 0.15) is 0 Å². The number of benzene rings is 1. The van der Waals surface area contributed by atoms with Crippen LogP contribution >= 0.6 is 34.8 Å². The molecule has 1 aliphatic heterocycles. The molecule has 4 nitrogen and oxygen atoms in total. The molecule has 0 radical (unpaired) electrons. The molecular weight excluding hydrogens is 347 g/mol. The zero-order chi connectivity index (χ0) is 16.7. The Bertz CT molecular complexity index is 626. The molecular formula is C15H17Cl3N2O2. The Kier molecular flexibility index (Phi) is 4.95. The van der Waals surface area contributed by atoms with Crippen LogP contribution in [-0.2, 0) is 9.59 Å². The van der Waals surface area contributed by atoms with Gasteiger partial charge in [0, 0.05) is 18.5 Å². The van der Waals surface area contributed by atoms with E-state index in [4.69, 9.17) is 34.8 Å². The number of likely N-dealkylation sites (tertiary alicyclic amines) is 1. The van der Waals surface area contributed by atoms with Crippen molar-refractivity contribution in [3.63, 3.8) is 0 Å². The van der Waals surface area contributed by atoms with Gasteiger partial charge in [-0.25, -0.2) is 0 Å². The molecule has 1 N–H and O–H groups in total. The highest BCUT2D eigenvalue weighted by molar-refractivity contribution is 6.44. The lowest BCUT2D eigenvalue weighted by Crippen LogP contribution is -2.42. The molecule has 0 spiro atoms. The molecule has 0 aliphatic carbocycles. The van der Waals surface area contributed by atoms with Crippen LogP contribution in [0.1, 0.15) is 27.2 Å². The largest absolute Gasteiger partial charge is 0.337 e. The van der Waals surface area contributed by atoms with Gasteiger partial charge in [0.15, 0.2) is 0 Å². The average molecular weight is 364 g/mol. The van der Waals surface area contributed by atoms with E-state index in [-0.39, 0.29) is 23.8 Å². The lowest BCUT2D eigenvalue weighted by molar-refractivity contribution is -0.131. The summed E-state index contributed by atoms with van der Waals surface area (Å²) in [6.07, 6.45) is 0.196. The van der Waals surface area contributed by atoms with Crippen LogP contribution in [-0.4, -0.2) is 28.8 Å². The van der Waals surface area contributed by atoms with Crippen LogP contribution in [0.3, 0.4) is 0 Å². The summed E-state index contributed by atoms with van der Waals surface area (Å²) in [4.78, 5) is 26.1. The van der Waals surface area contributed by atoms with Gasteiger partial charge in [-0.15, -0.1) is 0 Å². The second-order valence-electron chi connectivity index (χ2n) is 6.31. The number of hydrogen-bond donors (Lipinski definition) is 1. The Labute approximate surface area is 144 Å². The van der Waals surface area contributed by atoms with Crippen LogP contribution in [0.15, 0.2) is 12.1 Å². The number of amides is 2. The topological polar surface area (TPSA) is 49.4 Å². The van der Waals surface area contributed by atoms with Crippen molar-refractivity contribution < 1.29 is 9.59 Å². The van der Waals surface area contributed by atoms with Crippen LogP contribution < -0.4 is 5.32 Å². The highest BCUT2D eigenvalue weighted by Crippen LogP contribution is 2.33. The normalized spacial score (nSPS) is 18.7. The molecule has 0 saturated carbocycles. The van der Waals surface area contributed by atoms with E-state index in [1.54, 1.807) is 4.90 Å². The number of nitrogens with zero attached hydrogens (tertiary/aromatic N) is 1. The van der Waals surface area contributed by atoms with Gasteiger partial charge >= 0.3 is 0 Å². The summed E-state index contributed by atoms with van der Waals surface area (Å²) in [5.74, 6) is -0.675. The second kappa shape index (κ2) is 6.26. The third kappa shape index (κ3) is 3.67. The number of anilines is 1. The standard InChI is InChI=1S/C15H17Cl3N2O2/c1-15(2,3)20-7-8(4-13(20)21)14(22)19-12-6-10(17)9(16)5-11(12)18/h5-6,8H,4,7H2,1-3H3,(H,19,22)/t8-/m1/s1. The Morgan fingerprint density at radius 1 is 1.18 bits per heavy atom. The molecule has 1 fully saturated rings. The fourth-order valence-corrected chi connectivity index (χ4v) is 2.98. The minimum Gasteiger partial charge on any atom is -0.337 e. The molecule has 1 aromatic rings. The van der Waals surface area contributed by atoms with Crippen LogP contribution in [0.25, 0.3) is 0 Å². The van der Waals surface area contributed by atoms with E-state index >= 15 is 0 Å². The molecule has 0 bridgehead atoms. The van der Waals surface area contributed by atoms with Gasteiger partial charge in [0.25, 0.3) is 0 Å². The number of rotatable bonds is 2. The van der Waals surface area contributed by atoms with Crippen molar-refractivity contribution in [3.8, 4) is 0 Å². The summed E-state index contributed by atoms with van der Waals surface area (Å²) in [5, 5.41) is 3.65. The Morgan fingerprint density at radius 3 is 2.32 bits per heavy atom. The van der Waals surface area contributed by atoms with Gasteiger partial charge in [-0.05, 0) is 32.9 Å². The summed E-state index contributed by atoms with van der Waals surface area (Å²) in [5.41, 5.74) is 0.0931. The van der Waals surface area contributed by atoms with Gasteiger partial charge in [-0.2, -0.15) is 0 Å². The zero-order valence-corrected chi connectivity index (χ0v) is 14.8. The van der Waals surface area contributed by atoms with E-state index < -0.39 is 5.92 Å². The van der Waals surface area contributed by atoms with E-state index in [1.807, 2.05) is 20.8 Å². The van der Waals surface area contributed by atoms with Gasteiger partial charge in [0.05, 0.1) is 26.7 Å². The van der Waals surface area contributed by atoms with E-state index in [2.05, 4.69) is 5.32 Å². The second-order valence-corrected chi connectivity index (χ2v) is 7.53. The first-order valence-electron chi connectivity index (χ1n) is 6.85. The molecule has 7 heteroatoms. The summed E-state index contributed by atoms with van der Waals surface area (Å²) in [6, 6.07) is 2.98. The highest BCUT2D eigenvalue weighted by atomic mass is 35.5. The Balaban J connectivity index is 2.11. The van der Waals surface area contributed by atoms with Crippen LogP contribution in [0.5, 0.6) is 0 Å². The molecule has 1 saturated heterocycles. The minimum atomic E-state index is -0.405. The van der Waals surface area contributed by atoms with E-state index in [0.717, 1.165) is 0 Å². The van der Waals surface area contributed by atoms with Crippen LogP contribution in [0.4, 0.5) is 5.69 Å². The molecule has 120 valence electrons.